The van der Waals surface area contributed by atoms with E-state index in [0.29, 0.717) is 18.2 Å². The minimum absolute atomic E-state index is 0.292. The van der Waals surface area contributed by atoms with E-state index < -0.39 is 0 Å². The first-order valence-electron chi connectivity index (χ1n) is 6.66. The number of H-pyrrole nitrogens is 1. The molecular weight excluding hydrogens is 304 g/mol. The van der Waals surface area contributed by atoms with E-state index in [9.17, 15) is 4.79 Å². The van der Waals surface area contributed by atoms with Crippen molar-refractivity contribution in [3.05, 3.63) is 36.0 Å². The molecule has 1 amide bonds. The molecule has 1 atom stereocenters. The SMILES string of the molecule is O=C1CC(CBr)CN1CCc1cc2ccccc2[nH]1. The van der Waals surface area contributed by atoms with Gasteiger partial charge in [-0.15, -0.1) is 0 Å². The first kappa shape index (κ1) is 12.7. The third-order valence-corrected chi connectivity index (χ3v) is 4.67. The van der Waals surface area contributed by atoms with Crippen LogP contribution in [0.25, 0.3) is 10.9 Å². The summed E-state index contributed by atoms with van der Waals surface area (Å²) in [5, 5.41) is 2.16. The fourth-order valence-electron chi connectivity index (χ4n) is 2.70. The number of halogens is 1. The highest BCUT2D eigenvalue weighted by Gasteiger charge is 2.28. The van der Waals surface area contributed by atoms with Crippen LogP contribution in [0.4, 0.5) is 0 Å². The third-order valence-electron chi connectivity index (χ3n) is 3.75. The molecule has 2 heterocycles. The van der Waals surface area contributed by atoms with Gasteiger partial charge in [-0.2, -0.15) is 0 Å². The van der Waals surface area contributed by atoms with Gasteiger partial charge in [0, 0.05) is 42.5 Å². The summed E-state index contributed by atoms with van der Waals surface area (Å²) < 4.78 is 0. The standard InChI is InChI=1S/C15H17BrN2O/c16-9-11-7-15(19)18(10-11)6-5-13-8-12-3-1-2-4-14(12)17-13/h1-4,8,11,17H,5-7,9-10H2. The number of hydrogen-bond acceptors (Lipinski definition) is 1. The number of alkyl halides is 1. The van der Waals surface area contributed by atoms with Gasteiger partial charge in [-0.3, -0.25) is 4.79 Å². The Bertz CT molecular complexity index is 560. The number of nitrogens with zero attached hydrogens (tertiary/aromatic N) is 1. The number of aromatic nitrogens is 1. The Morgan fingerprint density at radius 1 is 1.37 bits per heavy atom. The zero-order valence-electron chi connectivity index (χ0n) is 10.7. The molecule has 1 aliphatic heterocycles. The lowest BCUT2D eigenvalue weighted by atomic mass is 10.2. The lowest BCUT2D eigenvalue weighted by molar-refractivity contribution is -0.127. The number of fused-ring (bicyclic) bond motifs is 1. The van der Waals surface area contributed by atoms with Crippen LogP contribution in [0.3, 0.4) is 0 Å². The number of amides is 1. The Morgan fingerprint density at radius 2 is 2.21 bits per heavy atom. The lowest BCUT2D eigenvalue weighted by Crippen LogP contribution is -2.27. The maximum absolute atomic E-state index is 11.8. The minimum atomic E-state index is 0.292. The van der Waals surface area contributed by atoms with Gasteiger partial charge in [0.25, 0.3) is 0 Å². The Kier molecular flexibility index (Phi) is 3.60. The highest BCUT2D eigenvalue weighted by molar-refractivity contribution is 9.09. The number of carbonyl (C=O) groups excluding carboxylic acids is 1. The molecule has 1 fully saturated rings. The van der Waals surface area contributed by atoms with E-state index in [4.69, 9.17) is 0 Å². The number of likely N-dealkylation sites (tertiary alicyclic amines) is 1. The average Bonchev–Trinajstić information content (AvgIpc) is 2.99. The molecule has 1 aromatic heterocycles. The van der Waals surface area contributed by atoms with E-state index in [1.165, 1.54) is 16.6 Å². The van der Waals surface area contributed by atoms with Crippen molar-refractivity contribution in [1.82, 2.24) is 9.88 Å². The summed E-state index contributed by atoms with van der Waals surface area (Å²) >= 11 is 3.47. The van der Waals surface area contributed by atoms with Crippen LogP contribution < -0.4 is 0 Å². The molecule has 0 spiro atoms. The van der Waals surface area contributed by atoms with E-state index in [0.717, 1.165) is 24.8 Å². The largest absolute Gasteiger partial charge is 0.358 e. The molecule has 1 aromatic carbocycles. The number of para-hydroxylation sites is 1. The molecule has 0 radical (unpaired) electrons. The Morgan fingerprint density at radius 3 is 2.95 bits per heavy atom. The van der Waals surface area contributed by atoms with E-state index in [-0.39, 0.29) is 0 Å². The van der Waals surface area contributed by atoms with E-state index in [2.05, 4.69) is 39.1 Å². The second-order valence-corrected chi connectivity index (χ2v) is 5.84. The van der Waals surface area contributed by atoms with E-state index in [1.54, 1.807) is 0 Å². The van der Waals surface area contributed by atoms with Gasteiger partial charge in [-0.05, 0) is 23.4 Å². The summed E-state index contributed by atoms with van der Waals surface area (Å²) in [5.74, 6) is 0.774. The normalized spacial score (nSPS) is 19.5. The number of carbonyl (C=O) groups is 1. The van der Waals surface area contributed by atoms with Gasteiger partial charge in [0.05, 0.1) is 0 Å². The van der Waals surface area contributed by atoms with E-state index in [1.807, 2.05) is 17.0 Å². The predicted octanol–water partition coefficient (Wildman–Crippen LogP) is 2.95. The molecule has 1 saturated heterocycles. The highest BCUT2D eigenvalue weighted by Crippen LogP contribution is 2.20. The van der Waals surface area contributed by atoms with Crippen LogP contribution in [-0.2, 0) is 11.2 Å². The van der Waals surface area contributed by atoms with Gasteiger partial charge >= 0.3 is 0 Å². The Labute approximate surface area is 121 Å². The summed E-state index contributed by atoms with van der Waals surface area (Å²) in [6.07, 6.45) is 1.59. The number of rotatable bonds is 4. The quantitative estimate of drug-likeness (QED) is 0.864. The molecule has 3 nitrogen and oxygen atoms in total. The van der Waals surface area contributed by atoms with Crippen LogP contribution in [0.2, 0.25) is 0 Å². The first-order valence-corrected chi connectivity index (χ1v) is 7.79. The first-order chi connectivity index (χ1) is 9.26. The molecular formula is C15H17BrN2O. The van der Waals surface area contributed by atoms with Crippen molar-refractivity contribution < 1.29 is 4.79 Å². The highest BCUT2D eigenvalue weighted by atomic mass is 79.9. The molecule has 3 rings (SSSR count). The molecule has 0 bridgehead atoms. The van der Waals surface area contributed by atoms with Crippen molar-refractivity contribution >= 4 is 32.7 Å². The summed E-state index contributed by atoms with van der Waals surface area (Å²) in [4.78, 5) is 17.2. The van der Waals surface area contributed by atoms with Crippen molar-refractivity contribution in [1.29, 1.82) is 0 Å². The average molecular weight is 321 g/mol. The van der Waals surface area contributed by atoms with Crippen LogP contribution in [0, 0.1) is 5.92 Å². The molecule has 2 aromatic rings. The van der Waals surface area contributed by atoms with Gasteiger partial charge in [0.15, 0.2) is 0 Å². The monoisotopic (exact) mass is 320 g/mol. The zero-order chi connectivity index (χ0) is 13.2. The second-order valence-electron chi connectivity index (χ2n) is 5.20. The van der Waals surface area contributed by atoms with Gasteiger partial charge in [0.2, 0.25) is 5.91 Å². The van der Waals surface area contributed by atoms with Gasteiger partial charge in [-0.25, -0.2) is 0 Å². The van der Waals surface area contributed by atoms with Crippen molar-refractivity contribution in [2.45, 2.75) is 12.8 Å². The molecule has 0 saturated carbocycles. The van der Waals surface area contributed by atoms with Crippen LogP contribution in [0.5, 0.6) is 0 Å². The lowest BCUT2D eigenvalue weighted by Gasteiger charge is -2.15. The van der Waals surface area contributed by atoms with Crippen molar-refractivity contribution in [2.75, 3.05) is 18.4 Å². The van der Waals surface area contributed by atoms with Crippen LogP contribution >= 0.6 is 15.9 Å². The summed E-state index contributed by atoms with van der Waals surface area (Å²) in [6, 6.07) is 10.5. The molecule has 1 aliphatic rings. The number of hydrogen-bond donors (Lipinski definition) is 1. The minimum Gasteiger partial charge on any atom is -0.358 e. The topological polar surface area (TPSA) is 36.1 Å². The molecule has 19 heavy (non-hydrogen) atoms. The van der Waals surface area contributed by atoms with Gasteiger partial charge < -0.3 is 9.88 Å². The van der Waals surface area contributed by atoms with Gasteiger partial charge in [0.1, 0.15) is 0 Å². The maximum Gasteiger partial charge on any atom is 0.222 e. The Hall–Kier alpha value is -1.29. The number of nitrogens with one attached hydrogen (secondary N) is 1. The van der Waals surface area contributed by atoms with E-state index >= 15 is 0 Å². The molecule has 4 heteroatoms. The van der Waals surface area contributed by atoms with Crippen molar-refractivity contribution in [3.63, 3.8) is 0 Å². The number of benzene rings is 1. The second kappa shape index (κ2) is 5.37. The van der Waals surface area contributed by atoms with Crippen LogP contribution in [-0.4, -0.2) is 34.2 Å². The maximum atomic E-state index is 11.8. The van der Waals surface area contributed by atoms with Crippen molar-refractivity contribution in [3.8, 4) is 0 Å². The summed E-state index contributed by atoms with van der Waals surface area (Å²) in [7, 11) is 0. The van der Waals surface area contributed by atoms with Gasteiger partial charge in [-0.1, -0.05) is 34.1 Å². The zero-order valence-corrected chi connectivity index (χ0v) is 12.3. The number of aromatic amines is 1. The third kappa shape index (κ3) is 2.68. The van der Waals surface area contributed by atoms with Crippen LogP contribution in [0.15, 0.2) is 30.3 Å². The Balaban J connectivity index is 1.64. The smallest absolute Gasteiger partial charge is 0.222 e. The molecule has 0 aliphatic carbocycles. The fraction of sp³-hybridized carbons (Fsp3) is 0.400. The molecule has 1 N–H and O–H groups in total. The summed E-state index contributed by atoms with van der Waals surface area (Å²) in [5.41, 5.74) is 2.37. The van der Waals surface area contributed by atoms with Crippen molar-refractivity contribution in [2.24, 2.45) is 5.92 Å². The van der Waals surface area contributed by atoms with Crippen LogP contribution in [0.1, 0.15) is 12.1 Å². The molecule has 1 unspecified atom stereocenters. The summed E-state index contributed by atoms with van der Waals surface area (Å²) in [6.45, 7) is 1.71. The molecule has 100 valence electrons. The fourth-order valence-corrected chi connectivity index (χ4v) is 3.13. The predicted molar refractivity (Wildman–Crippen MR) is 80.5 cm³/mol.